The Morgan fingerprint density at radius 2 is 1.77 bits per heavy atom. The van der Waals surface area contributed by atoms with Crippen molar-refractivity contribution in [2.45, 2.75) is 69.7 Å². The van der Waals surface area contributed by atoms with Crippen molar-refractivity contribution in [2.75, 3.05) is 0 Å². The van der Waals surface area contributed by atoms with Crippen molar-refractivity contribution in [1.82, 2.24) is 29.1 Å². The third kappa shape index (κ3) is 5.22. The van der Waals surface area contributed by atoms with Crippen LogP contribution >= 0.6 is 11.8 Å². The topological polar surface area (TPSA) is 116 Å². The smallest absolute Gasteiger partial charge is 0.309 e. The molecular weight excluding hydrogens is 464 g/mol. The van der Waals surface area contributed by atoms with Gasteiger partial charge in [-0.05, 0) is 25.0 Å². The molecule has 10 heteroatoms. The van der Waals surface area contributed by atoms with Gasteiger partial charge in [-0.3, -0.25) is 18.7 Å². The van der Waals surface area contributed by atoms with Gasteiger partial charge in [0.1, 0.15) is 22.1 Å². The number of H-pyrrole nitrogens is 1. The van der Waals surface area contributed by atoms with Crippen molar-refractivity contribution in [2.24, 2.45) is 7.05 Å². The maximum Gasteiger partial charge on any atom is 0.332 e. The number of fused-ring (bicyclic) bond motifs is 2. The Morgan fingerprint density at radius 1 is 0.971 bits per heavy atom. The molecule has 0 amide bonds. The van der Waals surface area contributed by atoms with Gasteiger partial charge in [-0.15, -0.1) is 0 Å². The van der Waals surface area contributed by atoms with Gasteiger partial charge in [0.05, 0.1) is 16.7 Å². The van der Waals surface area contributed by atoms with E-state index in [-0.39, 0.29) is 11.2 Å². The Hall–Kier alpha value is -3.27. The summed E-state index contributed by atoms with van der Waals surface area (Å²) in [5, 5.41) is 1.35. The minimum atomic E-state index is -0.419. The molecule has 0 bridgehead atoms. The van der Waals surface area contributed by atoms with Crippen LogP contribution in [0.15, 0.2) is 43.7 Å². The van der Waals surface area contributed by atoms with Gasteiger partial charge in [-0.25, -0.2) is 19.7 Å². The summed E-state index contributed by atoms with van der Waals surface area (Å²) in [5.74, 6) is 1.43. The molecule has 1 aromatic carbocycles. The molecule has 9 nitrogen and oxygen atoms in total. The summed E-state index contributed by atoms with van der Waals surface area (Å²) >= 11 is 1.32. The van der Waals surface area contributed by atoms with E-state index in [1.54, 1.807) is 22.8 Å². The Labute approximate surface area is 206 Å². The zero-order chi connectivity index (χ0) is 24.9. The third-order valence-corrected chi connectivity index (χ3v) is 6.89. The van der Waals surface area contributed by atoms with E-state index in [1.807, 2.05) is 13.0 Å². The molecule has 3 aromatic heterocycles. The molecule has 4 aromatic rings. The van der Waals surface area contributed by atoms with Gasteiger partial charge in [0.25, 0.3) is 11.1 Å². The van der Waals surface area contributed by atoms with E-state index in [2.05, 4.69) is 21.9 Å². The lowest BCUT2D eigenvalue weighted by molar-refractivity contribution is 0.602. The predicted octanol–water partition coefficient (Wildman–Crippen LogP) is 3.55. The van der Waals surface area contributed by atoms with Crippen LogP contribution in [0, 0.1) is 0 Å². The van der Waals surface area contributed by atoms with Crippen LogP contribution in [0.1, 0.15) is 57.6 Å². The van der Waals surface area contributed by atoms with Crippen LogP contribution in [0.4, 0.5) is 0 Å². The van der Waals surface area contributed by atoms with Crippen molar-refractivity contribution >= 4 is 33.7 Å². The Kier molecular flexibility index (Phi) is 7.80. The number of thioether (sulfide) groups is 1. The maximum atomic E-state index is 13.2. The van der Waals surface area contributed by atoms with Gasteiger partial charge in [0, 0.05) is 20.0 Å². The largest absolute Gasteiger partial charge is 0.332 e. The molecule has 0 saturated carbocycles. The lowest BCUT2D eigenvalue weighted by atomic mass is 10.1. The van der Waals surface area contributed by atoms with E-state index in [1.165, 1.54) is 18.8 Å². The van der Waals surface area contributed by atoms with E-state index < -0.39 is 5.56 Å². The first-order valence-electron chi connectivity index (χ1n) is 12.1. The molecule has 0 radical (unpaired) electrons. The van der Waals surface area contributed by atoms with E-state index in [4.69, 9.17) is 4.98 Å². The summed E-state index contributed by atoms with van der Waals surface area (Å²) in [7, 11) is 1.48. The van der Waals surface area contributed by atoms with Crippen LogP contribution in [-0.4, -0.2) is 29.1 Å². The monoisotopic (exact) mass is 494 g/mol. The van der Waals surface area contributed by atoms with Crippen molar-refractivity contribution in [1.29, 1.82) is 0 Å². The number of nitrogens with one attached hydrogen (secondary N) is 1. The number of unbranched alkanes of at least 4 members (excludes halogenated alkanes) is 3. The lowest BCUT2D eigenvalue weighted by Crippen LogP contribution is -2.39. The van der Waals surface area contributed by atoms with Crippen molar-refractivity contribution in [3.05, 3.63) is 67.1 Å². The zero-order valence-corrected chi connectivity index (χ0v) is 21.2. The van der Waals surface area contributed by atoms with Crippen molar-refractivity contribution in [3.8, 4) is 0 Å². The Morgan fingerprint density at radius 3 is 2.54 bits per heavy atom. The van der Waals surface area contributed by atoms with Crippen molar-refractivity contribution in [3.63, 3.8) is 0 Å². The fourth-order valence-electron chi connectivity index (χ4n) is 4.07. The van der Waals surface area contributed by atoms with E-state index in [0.717, 1.165) is 36.7 Å². The molecule has 0 aliphatic heterocycles. The summed E-state index contributed by atoms with van der Waals surface area (Å²) in [6.45, 7) is 4.60. The first-order valence-corrected chi connectivity index (χ1v) is 13.0. The molecule has 0 spiro atoms. The van der Waals surface area contributed by atoms with Gasteiger partial charge < -0.3 is 4.98 Å². The molecule has 1 N–H and O–H groups in total. The molecule has 0 aliphatic rings. The number of aromatic amines is 1. The van der Waals surface area contributed by atoms with Crippen LogP contribution in [-0.2, 0) is 25.8 Å². The van der Waals surface area contributed by atoms with E-state index in [0.29, 0.717) is 57.3 Å². The summed E-state index contributed by atoms with van der Waals surface area (Å²) in [6, 6.07) is 7.17. The van der Waals surface area contributed by atoms with Crippen LogP contribution < -0.4 is 16.8 Å². The number of aromatic nitrogens is 6. The molecule has 0 atom stereocenters. The molecule has 3 heterocycles. The Balaban J connectivity index is 1.79. The number of nitrogens with zero attached hydrogens (tertiary/aromatic N) is 5. The number of para-hydroxylation sites is 1. The summed E-state index contributed by atoms with van der Waals surface area (Å²) in [4.78, 5) is 55.3. The van der Waals surface area contributed by atoms with E-state index >= 15 is 0 Å². The quantitative estimate of drug-likeness (QED) is 0.204. The molecular formula is C25H30N6O3S. The highest BCUT2D eigenvalue weighted by molar-refractivity contribution is 7.98. The average molecular weight is 495 g/mol. The van der Waals surface area contributed by atoms with Gasteiger partial charge in [0.15, 0.2) is 5.65 Å². The zero-order valence-electron chi connectivity index (χ0n) is 20.3. The van der Waals surface area contributed by atoms with Crippen LogP contribution in [0.5, 0.6) is 0 Å². The van der Waals surface area contributed by atoms with Gasteiger partial charge >= 0.3 is 5.69 Å². The minimum absolute atomic E-state index is 0.206. The van der Waals surface area contributed by atoms with Gasteiger partial charge in [-0.1, -0.05) is 57.0 Å². The highest BCUT2D eigenvalue weighted by Crippen LogP contribution is 2.26. The molecule has 0 aliphatic carbocycles. The maximum absolute atomic E-state index is 13.2. The fourth-order valence-corrected chi connectivity index (χ4v) is 4.97. The van der Waals surface area contributed by atoms with Crippen LogP contribution in [0.3, 0.4) is 0 Å². The highest BCUT2D eigenvalue weighted by atomic mass is 32.2. The molecule has 0 unspecified atom stereocenters. The molecule has 184 valence electrons. The Bertz CT molecular complexity index is 1540. The van der Waals surface area contributed by atoms with Gasteiger partial charge in [0.2, 0.25) is 0 Å². The second-order valence-corrected chi connectivity index (χ2v) is 9.54. The first-order chi connectivity index (χ1) is 16.9. The molecule has 0 fully saturated rings. The third-order valence-electron chi connectivity index (χ3n) is 5.90. The predicted molar refractivity (Wildman–Crippen MR) is 139 cm³/mol. The van der Waals surface area contributed by atoms with Crippen LogP contribution in [0.2, 0.25) is 0 Å². The molecule has 35 heavy (non-hydrogen) atoms. The highest BCUT2D eigenvalue weighted by Gasteiger charge is 2.19. The summed E-state index contributed by atoms with van der Waals surface area (Å²) < 4.78 is 2.68. The standard InChI is InChI=1S/C25H30N6O3S/c1-4-6-7-8-13-18-27-21-20(24(33)30(3)25(34)31(21)14-5-2)23(29-18)35-15-19-26-17-12-10-9-11-16(17)22(32)28-19/h9-12H,4-8,13-15H2,1-3H3,(H,26,28,32). The fraction of sp³-hybridized carbons (Fsp3) is 0.440. The number of hydrogen-bond acceptors (Lipinski definition) is 7. The number of aryl methyl sites for hydroxylation is 2. The second-order valence-electron chi connectivity index (χ2n) is 8.57. The number of hydrogen-bond donors (Lipinski definition) is 1. The van der Waals surface area contributed by atoms with Crippen LogP contribution in [0.25, 0.3) is 21.9 Å². The minimum Gasteiger partial charge on any atom is -0.309 e. The van der Waals surface area contributed by atoms with E-state index in [9.17, 15) is 14.4 Å². The molecule has 0 saturated heterocycles. The normalized spacial score (nSPS) is 11.5. The summed E-state index contributed by atoms with van der Waals surface area (Å²) in [6.07, 6.45) is 5.67. The molecule has 4 rings (SSSR count). The second kappa shape index (κ2) is 11.0. The van der Waals surface area contributed by atoms with Crippen molar-refractivity contribution < 1.29 is 0 Å². The lowest BCUT2D eigenvalue weighted by Gasteiger charge is -2.14. The summed E-state index contributed by atoms with van der Waals surface area (Å²) in [5.41, 5.74) is -0.0107. The average Bonchev–Trinajstić information content (AvgIpc) is 2.86. The van der Waals surface area contributed by atoms with Gasteiger partial charge in [-0.2, -0.15) is 0 Å². The first kappa shape index (κ1) is 24.8. The number of rotatable bonds is 10. The number of benzene rings is 1. The SMILES string of the molecule is CCCCCCc1nc(SCc2nc3ccccc3c(=O)[nH]2)c2c(=O)n(C)c(=O)n(CCC)c2n1.